The Morgan fingerprint density at radius 1 is 0.667 bits per heavy atom. The molecule has 0 saturated heterocycles. The number of nitrogens with one attached hydrogen (secondary N) is 1. The summed E-state index contributed by atoms with van der Waals surface area (Å²) < 4.78 is 23.6. The number of hydrogen-bond donors (Lipinski definition) is 1. The largest absolute Gasteiger partial charge is 0.460 e. The number of rotatable bonds is 16. The van der Waals surface area contributed by atoms with Crippen molar-refractivity contribution in [3.05, 3.63) is 167 Å². The predicted octanol–water partition coefficient (Wildman–Crippen LogP) is 10.6. The van der Waals surface area contributed by atoms with E-state index in [-0.39, 0.29) is 31.5 Å². The van der Waals surface area contributed by atoms with Crippen LogP contribution in [0.2, 0.25) is 0 Å². The van der Waals surface area contributed by atoms with Gasteiger partial charge >= 0.3 is 12.1 Å². The van der Waals surface area contributed by atoms with Crippen LogP contribution >= 0.6 is 0 Å². The number of carbonyl (C=O) groups is 3. The second kappa shape index (κ2) is 19.0. The summed E-state index contributed by atoms with van der Waals surface area (Å²) in [6.07, 6.45) is -1.17. The standard InChI is InChI=1S/C54H56N2O7/c1-6-60-50(61-7-2)33-56(32-35-27-28-36-17-8-9-18-37(36)29-35)52(58)48(31-49(57)63-54(3,4)5)55-53(59)62-34-47-44-25-15-12-22-41(44)45-26-16-19-38(51(45)47)30-46-42-23-13-10-20-39(42)40-21-11-14-24-43(40)46/h8-29,46-48,50H,6-7,30-34H2,1-5H3,(H,55,59). The van der Waals surface area contributed by atoms with Gasteiger partial charge in [-0.15, -0.1) is 0 Å². The van der Waals surface area contributed by atoms with Gasteiger partial charge in [-0.3, -0.25) is 9.59 Å². The normalized spacial score (nSPS) is 14.4. The highest BCUT2D eigenvalue weighted by molar-refractivity contribution is 5.90. The molecule has 63 heavy (non-hydrogen) atoms. The topological polar surface area (TPSA) is 103 Å². The van der Waals surface area contributed by atoms with Crippen LogP contribution in [0.15, 0.2) is 133 Å². The summed E-state index contributed by atoms with van der Waals surface area (Å²) in [5, 5.41) is 4.89. The van der Waals surface area contributed by atoms with E-state index in [0.717, 1.165) is 45.0 Å². The van der Waals surface area contributed by atoms with Crippen molar-refractivity contribution < 1.29 is 33.3 Å². The lowest BCUT2D eigenvalue weighted by Gasteiger charge is -2.31. The predicted molar refractivity (Wildman–Crippen MR) is 246 cm³/mol. The van der Waals surface area contributed by atoms with Gasteiger partial charge in [-0.25, -0.2) is 4.79 Å². The van der Waals surface area contributed by atoms with E-state index in [2.05, 4.69) is 84.2 Å². The lowest BCUT2D eigenvalue weighted by Crippen LogP contribution is -2.52. The Bertz CT molecular complexity index is 2560. The molecule has 0 bridgehead atoms. The van der Waals surface area contributed by atoms with Crippen LogP contribution in [0.3, 0.4) is 0 Å². The third-order valence-electron chi connectivity index (χ3n) is 11.9. The highest BCUT2D eigenvalue weighted by atomic mass is 16.7. The smallest absolute Gasteiger partial charge is 0.407 e. The van der Waals surface area contributed by atoms with E-state index < -0.39 is 42.3 Å². The highest BCUT2D eigenvalue weighted by Crippen LogP contribution is 2.50. The molecular formula is C54H56N2O7. The fraction of sp³-hybridized carbons (Fsp3) is 0.315. The molecule has 2 unspecified atom stereocenters. The average Bonchev–Trinajstić information content (AvgIpc) is 3.77. The Morgan fingerprint density at radius 2 is 1.24 bits per heavy atom. The number of carbonyl (C=O) groups excluding carboxylic acids is 3. The number of alkyl carbamates (subject to hydrolysis) is 1. The number of benzene rings is 6. The van der Waals surface area contributed by atoms with Gasteiger partial charge in [0.15, 0.2) is 6.29 Å². The first-order valence-electron chi connectivity index (χ1n) is 22.0. The molecule has 0 aliphatic heterocycles. The Balaban J connectivity index is 1.06. The van der Waals surface area contributed by atoms with E-state index >= 15 is 0 Å². The fourth-order valence-corrected chi connectivity index (χ4v) is 9.32. The van der Waals surface area contributed by atoms with E-state index in [9.17, 15) is 14.4 Å². The van der Waals surface area contributed by atoms with E-state index in [4.69, 9.17) is 18.9 Å². The van der Waals surface area contributed by atoms with Gasteiger partial charge in [0.05, 0.1) is 13.0 Å². The molecule has 0 saturated carbocycles. The molecule has 0 fully saturated rings. The van der Waals surface area contributed by atoms with Crippen molar-refractivity contribution in [1.29, 1.82) is 0 Å². The van der Waals surface area contributed by atoms with Crippen LogP contribution in [-0.2, 0) is 41.5 Å². The maximum absolute atomic E-state index is 14.8. The van der Waals surface area contributed by atoms with Crippen molar-refractivity contribution in [3.63, 3.8) is 0 Å². The Hall–Kier alpha value is -6.29. The van der Waals surface area contributed by atoms with Crippen LogP contribution in [0, 0.1) is 0 Å². The minimum Gasteiger partial charge on any atom is -0.460 e. The first-order chi connectivity index (χ1) is 30.5. The minimum absolute atomic E-state index is 0.0234. The Morgan fingerprint density at radius 3 is 1.87 bits per heavy atom. The lowest BCUT2D eigenvalue weighted by molar-refractivity contribution is -0.163. The van der Waals surface area contributed by atoms with Gasteiger partial charge in [-0.2, -0.15) is 0 Å². The molecule has 9 nitrogen and oxygen atoms in total. The van der Waals surface area contributed by atoms with Crippen molar-refractivity contribution in [3.8, 4) is 22.3 Å². The number of amides is 2. The zero-order valence-electron chi connectivity index (χ0n) is 36.8. The molecule has 8 rings (SSSR count). The van der Waals surface area contributed by atoms with Gasteiger partial charge in [-0.05, 0) is 114 Å². The van der Waals surface area contributed by atoms with Crippen molar-refractivity contribution in [1.82, 2.24) is 10.2 Å². The molecule has 2 atom stereocenters. The summed E-state index contributed by atoms with van der Waals surface area (Å²) >= 11 is 0. The molecule has 324 valence electrons. The number of fused-ring (bicyclic) bond motifs is 7. The van der Waals surface area contributed by atoms with Gasteiger partial charge in [-0.1, -0.05) is 127 Å². The number of esters is 1. The fourth-order valence-electron chi connectivity index (χ4n) is 9.32. The molecule has 2 aliphatic carbocycles. The molecule has 0 heterocycles. The van der Waals surface area contributed by atoms with Crippen molar-refractivity contribution in [2.45, 2.75) is 83.8 Å². The first kappa shape index (κ1) is 43.4. The van der Waals surface area contributed by atoms with Gasteiger partial charge in [0.1, 0.15) is 18.2 Å². The SMILES string of the molecule is CCOC(CN(Cc1ccc2ccccc2c1)C(=O)C(CC(=O)OC(C)(C)C)NC(=O)OCC1c2ccccc2-c2cccc(CC3c4ccccc4-c4ccccc43)c21)OCC. The van der Waals surface area contributed by atoms with Crippen LogP contribution in [0.5, 0.6) is 0 Å². The second-order valence-electron chi connectivity index (χ2n) is 17.3. The summed E-state index contributed by atoms with van der Waals surface area (Å²) in [4.78, 5) is 43.9. The molecule has 0 radical (unpaired) electrons. The quantitative estimate of drug-likeness (QED) is 0.0764. The van der Waals surface area contributed by atoms with Crippen LogP contribution < -0.4 is 5.32 Å². The molecule has 9 heteroatoms. The zero-order valence-corrected chi connectivity index (χ0v) is 36.8. The molecule has 0 spiro atoms. The number of nitrogens with zero attached hydrogens (tertiary/aromatic N) is 1. The molecular weight excluding hydrogens is 789 g/mol. The van der Waals surface area contributed by atoms with Crippen molar-refractivity contribution >= 4 is 28.7 Å². The average molecular weight is 845 g/mol. The van der Waals surface area contributed by atoms with Gasteiger partial charge in [0.25, 0.3) is 0 Å². The van der Waals surface area contributed by atoms with Gasteiger partial charge in [0.2, 0.25) is 5.91 Å². The van der Waals surface area contributed by atoms with E-state index in [1.807, 2.05) is 68.4 Å². The van der Waals surface area contributed by atoms with Crippen LogP contribution in [0.1, 0.15) is 86.3 Å². The monoisotopic (exact) mass is 844 g/mol. The summed E-state index contributed by atoms with van der Waals surface area (Å²) in [6.45, 7) is 10.0. The summed E-state index contributed by atoms with van der Waals surface area (Å²) in [5.41, 5.74) is 10.8. The Kier molecular flexibility index (Phi) is 13.1. The summed E-state index contributed by atoms with van der Waals surface area (Å²) in [7, 11) is 0. The molecule has 6 aromatic rings. The van der Waals surface area contributed by atoms with Crippen LogP contribution in [0.4, 0.5) is 4.79 Å². The van der Waals surface area contributed by atoms with Crippen LogP contribution in [-0.4, -0.2) is 67.2 Å². The van der Waals surface area contributed by atoms with Crippen molar-refractivity contribution in [2.75, 3.05) is 26.4 Å². The van der Waals surface area contributed by atoms with E-state index in [1.165, 1.54) is 27.8 Å². The molecule has 6 aromatic carbocycles. The van der Waals surface area contributed by atoms with Gasteiger partial charge < -0.3 is 29.2 Å². The summed E-state index contributed by atoms with van der Waals surface area (Å²) in [5.74, 6) is -1.21. The molecule has 1 N–H and O–H groups in total. The minimum atomic E-state index is -1.31. The third kappa shape index (κ3) is 9.70. The molecule has 0 aromatic heterocycles. The maximum Gasteiger partial charge on any atom is 0.407 e. The second-order valence-corrected chi connectivity index (χ2v) is 17.3. The third-order valence-corrected chi connectivity index (χ3v) is 11.9. The number of hydrogen-bond acceptors (Lipinski definition) is 7. The van der Waals surface area contributed by atoms with E-state index in [1.54, 1.807) is 25.7 Å². The lowest BCUT2D eigenvalue weighted by atomic mass is 9.85. The molecule has 2 amide bonds. The van der Waals surface area contributed by atoms with Gasteiger partial charge in [0, 0.05) is 31.6 Å². The summed E-state index contributed by atoms with van der Waals surface area (Å²) in [6, 6.07) is 44.7. The Labute approximate surface area is 370 Å². The van der Waals surface area contributed by atoms with Crippen molar-refractivity contribution in [2.24, 2.45) is 0 Å². The maximum atomic E-state index is 14.8. The zero-order chi connectivity index (χ0) is 44.1. The van der Waals surface area contributed by atoms with E-state index in [0.29, 0.717) is 13.2 Å². The highest BCUT2D eigenvalue weighted by Gasteiger charge is 2.36. The first-order valence-corrected chi connectivity index (χ1v) is 22.0. The molecule has 2 aliphatic rings. The van der Waals surface area contributed by atoms with Crippen LogP contribution in [0.25, 0.3) is 33.0 Å². The number of ether oxygens (including phenoxy) is 4.